The molecule has 1 amide bonds. The van der Waals surface area contributed by atoms with E-state index in [-0.39, 0.29) is 17.5 Å². The van der Waals surface area contributed by atoms with Crippen molar-refractivity contribution in [2.45, 2.75) is 32.2 Å². The monoisotopic (exact) mass is 374 g/mol. The Morgan fingerprint density at radius 3 is 2.75 bits per heavy atom. The van der Waals surface area contributed by atoms with Crippen LogP contribution in [-0.4, -0.2) is 32.3 Å². The van der Waals surface area contributed by atoms with Crippen LogP contribution >= 0.6 is 0 Å². The van der Waals surface area contributed by atoms with Gasteiger partial charge in [-0.15, -0.1) is 0 Å². The summed E-state index contributed by atoms with van der Waals surface area (Å²) in [5.74, 6) is 0.485. The van der Waals surface area contributed by atoms with Gasteiger partial charge >= 0.3 is 0 Å². The number of pyridine rings is 1. The summed E-state index contributed by atoms with van der Waals surface area (Å²) in [5.41, 5.74) is 2.86. The molecule has 1 saturated heterocycles. The number of aromatic nitrogens is 3. The topological polar surface area (TPSA) is 79.0 Å². The van der Waals surface area contributed by atoms with E-state index >= 15 is 0 Å². The number of H-pyrrole nitrogens is 1. The van der Waals surface area contributed by atoms with Crippen LogP contribution in [0.1, 0.15) is 51.9 Å². The fraction of sp³-hybridized carbons (Fsp3) is 0.273. The molecule has 0 bridgehead atoms. The van der Waals surface area contributed by atoms with E-state index in [9.17, 15) is 9.59 Å². The molecule has 1 N–H and O–H groups in total. The van der Waals surface area contributed by atoms with Crippen LogP contribution in [0.15, 0.2) is 59.7 Å². The van der Waals surface area contributed by atoms with E-state index in [1.807, 2.05) is 37.3 Å². The van der Waals surface area contributed by atoms with E-state index in [4.69, 9.17) is 0 Å². The predicted molar refractivity (Wildman–Crippen MR) is 106 cm³/mol. The fourth-order valence-electron chi connectivity index (χ4n) is 3.75. The third-order valence-electron chi connectivity index (χ3n) is 5.20. The molecule has 6 heteroatoms. The highest BCUT2D eigenvalue weighted by atomic mass is 16.2. The van der Waals surface area contributed by atoms with Gasteiger partial charge in [0.2, 0.25) is 0 Å². The molecule has 4 rings (SSSR count). The summed E-state index contributed by atoms with van der Waals surface area (Å²) in [6, 6.07) is 13.2. The Morgan fingerprint density at radius 2 is 2.04 bits per heavy atom. The van der Waals surface area contributed by atoms with Gasteiger partial charge in [0.05, 0.1) is 11.6 Å². The summed E-state index contributed by atoms with van der Waals surface area (Å²) < 4.78 is 0. The Hall–Kier alpha value is -3.28. The number of carbonyl (C=O) groups excluding carboxylic acids is 1. The Kier molecular flexibility index (Phi) is 5.02. The molecule has 0 aliphatic carbocycles. The molecular weight excluding hydrogens is 352 g/mol. The van der Waals surface area contributed by atoms with Gasteiger partial charge in [0, 0.05) is 36.6 Å². The second-order valence-electron chi connectivity index (χ2n) is 7.08. The van der Waals surface area contributed by atoms with Gasteiger partial charge in [0.1, 0.15) is 5.82 Å². The first-order valence-electron chi connectivity index (χ1n) is 9.48. The highest BCUT2D eigenvalue weighted by Gasteiger charge is 2.32. The van der Waals surface area contributed by atoms with E-state index in [1.54, 1.807) is 29.4 Å². The van der Waals surface area contributed by atoms with Gasteiger partial charge in [-0.2, -0.15) is 0 Å². The summed E-state index contributed by atoms with van der Waals surface area (Å²) >= 11 is 0. The molecule has 6 nitrogen and oxygen atoms in total. The zero-order valence-electron chi connectivity index (χ0n) is 15.8. The number of amides is 1. The van der Waals surface area contributed by atoms with E-state index in [0.29, 0.717) is 35.6 Å². The van der Waals surface area contributed by atoms with E-state index in [2.05, 4.69) is 15.0 Å². The normalized spacial score (nSPS) is 16.3. The van der Waals surface area contributed by atoms with Crippen molar-refractivity contribution in [3.63, 3.8) is 0 Å². The minimum atomic E-state index is -0.218. The standard InChI is InChI=1S/C22H22N4O2/c1-15-18(13-16-7-3-2-4-8-16)21(27)25-20(24-15)19-10-6-12-26(19)22(28)17-9-5-11-23-14-17/h2-5,7-9,11,14,19H,6,10,12-13H2,1H3,(H,24,25,27)/t19-/m0/s1. The van der Waals surface area contributed by atoms with Crippen molar-refractivity contribution in [3.8, 4) is 0 Å². The number of aryl methyl sites for hydroxylation is 1. The maximum atomic E-state index is 12.9. The van der Waals surface area contributed by atoms with Gasteiger partial charge in [-0.25, -0.2) is 4.98 Å². The smallest absolute Gasteiger partial charge is 0.256 e. The predicted octanol–water partition coefficient (Wildman–Crippen LogP) is 3.04. The van der Waals surface area contributed by atoms with Crippen LogP contribution in [0.4, 0.5) is 0 Å². The fourth-order valence-corrected chi connectivity index (χ4v) is 3.75. The number of likely N-dealkylation sites (tertiary alicyclic amines) is 1. The molecule has 1 fully saturated rings. The average molecular weight is 374 g/mol. The van der Waals surface area contributed by atoms with Gasteiger partial charge in [0.15, 0.2) is 0 Å². The lowest BCUT2D eigenvalue weighted by Gasteiger charge is -2.24. The summed E-state index contributed by atoms with van der Waals surface area (Å²) in [5, 5.41) is 0. The molecule has 1 aromatic carbocycles. The number of benzene rings is 1. The van der Waals surface area contributed by atoms with Gasteiger partial charge in [-0.1, -0.05) is 30.3 Å². The molecule has 1 aliphatic rings. The molecule has 28 heavy (non-hydrogen) atoms. The largest absolute Gasteiger partial charge is 0.328 e. The number of hydrogen-bond donors (Lipinski definition) is 1. The third-order valence-corrected chi connectivity index (χ3v) is 5.20. The summed E-state index contributed by atoms with van der Waals surface area (Å²) in [6.07, 6.45) is 5.42. The number of nitrogens with zero attached hydrogens (tertiary/aromatic N) is 3. The summed E-state index contributed by atoms with van der Waals surface area (Å²) in [4.78, 5) is 39.1. The first-order valence-corrected chi connectivity index (χ1v) is 9.48. The number of rotatable bonds is 4. The van der Waals surface area contributed by atoms with Crippen LogP contribution in [0.3, 0.4) is 0 Å². The molecule has 3 aromatic rings. The molecule has 0 unspecified atom stereocenters. The molecule has 1 aliphatic heterocycles. The SMILES string of the molecule is Cc1nc([C@@H]2CCCN2C(=O)c2cccnc2)[nH]c(=O)c1Cc1ccccc1. The van der Waals surface area contributed by atoms with Gasteiger partial charge in [-0.3, -0.25) is 14.6 Å². The molecule has 0 spiro atoms. The van der Waals surface area contributed by atoms with Crippen molar-refractivity contribution in [1.82, 2.24) is 19.9 Å². The van der Waals surface area contributed by atoms with Crippen molar-refractivity contribution in [1.29, 1.82) is 0 Å². The molecular formula is C22H22N4O2. The summed E-state index contributed by atoms with van der Waals surface area (Å²) in [7, 11) is 0. The molecule has 0 saturated carbocycles. The first-order chi connectivity index (χ1) is 13.6. The number of hydrogen-bond acceptors (Lipinski definition) is 4. The van der Waals surface area contributed by atoms with Crippen LogP contribution in [0.5, 0.6) is 0 Å². The third kappa shape index (κ3) is 3.58. The van der Waals surface area contributed by atoms with E-state index < -0.39 is 0 Å². The molecule has 0 radical (unpaired) electrons. The minimum Gasteiger partial charge on any atom is -0.328 e. The van der Waals surface area contributed by atoms with E-state index in [0.717, 1.165) is 18.4 Å². The Bertz CT molecular complexity index is 1030. The van der Waals surface area contributed by atoms with Gasteiger partial charge in [0.25, 0.3) is 11.5 Å². The van der Waals surface area contributed by atoms with E-state index in [1.165, 1.54) is 0 Å². The molecule has 142 valence electrons. The minimum absolute atomic E-state index is 0.0794. The maximum Gasteiger partial charge on any atom is 0.256 e. The first kappa shape index (κ1) is 18.1. The van der Waals surface area contributed by atoms with Crippen LogP contribution < -0.4 is 5.56 Å². The van der Waals surface area contributed by atoms with Crippen LogP contribution in [0, 0.1) is 6.92 Å². The summed E-state index contributed by atoms with van der Waals surface area (Å²) in [6.45, 7) is 2.51. The number of aromatic amines is 1. The average Bonchev–Trinajstić information content (AvgIpc) is 3.21. The molecule has 3 heterocycles. The van der Waals surface area contributed by atoms with Gasteiger partial charge in [-0.05, 0) is 37.5 Å². The quantitative estimate of drug-likeness (QED) is 0.761. The Balaban J connectivity index is 1.62. The lowest BCUT2D eigenvalue weighted by atomic mass is 10.0. The van der Waals surface area contributed by atoms with Gasteiger partial charge < -0.3 is 9.88 Å². The van der Waals surface area contributed by atoms with Crippen molar-refractivity contribution in [2.24, 2.45) is 0 Å². The highest BCUT2D eigenvalue weighted by Crippen LogP contribution is 2.31. The zero-order chi connectivity index (χ0) is 19.5. The van der Waals surface area contributed by atoms with Crippen LogP contribution in [0.2, 0.25) is 0 Å². The Morgan fingerprint density at radius 1 is 1.21 bits per heavy atom. The van der Waals surface area contributed by atoms with Crippen molar-refractivity contribution in [2.75, 3.05) is 6.54 Å². The second kappa shape index (κ2) is 7.76. The highest BCUT2D eigenvalue weighted by molar-refractivity contribution is 5.94. The molecule has 2 aromatic heterocycles. The van der Waals surface area contributed by atoms with Crippen LogP contribution in [0.25, 0.3) is 0 Å². The second-order valence-corrected chi connectivity index (χ2v) is 7.08. The lowest BCUT2D eigenvalue weighted by Crippen LogP contribution is -2.33. The van der Waals surface area contributed by atoms with Crippen molar-refractivity contribution in [3.05, 3.63) is 93.4 Å². The Labute approximate surface area is 163 Å². The number of carbonyl (C=O) groups is 1. The van der Waals surface area contributed by atoms with Crippen molar-refractivity contribution >= 4 is 5.91 Å². The molecule has 1 atom stereocenters. The van der Waals surface area contributed by atoms with Crippen molar-refractivity contribution < 1.29 is 4.79 Å². The lowest BCUT2D eigenvalue weighted by molar-refractivity contribution is 0.0729. The van der Waals surface area contributed by atoms with Crippen LogP contribution in [-0.2, 0) is 6.42 Å². The zero-order valence-corrected chi connectivity index (χ0v) is 15.8. The maximum absolute atomic E-state index is 12.9. The number of nitrogens with one attached hydrogen (secondary N) is 1.